The molecule has 0 bridgehead atoms. The van der Waals surface area contributed by atoms with Gasteiger partial charge in [0.15, 0.2) is 0 Å². The van der Waals surface area contributed by atoms with E-state index in [1.165, 1.54) is 7.11 Å². The smallest absolute Gasteiger partial charge is 0.309 e. The molecule has 2 aromatic heterocycles. The first kappa shape index (κ1) is 14.4. The average molecular weight is 308 g/mol. The number of pyridine rings is 1. The molecule has 21 heavy (non-hydrogen) atoms. The Kier molecular flexibility index (Phi) is 4.12. The van der Waals surface area contributed by atoms with Gasteiger partial charge < -0.3 is 9.14 Å². The molecule has 0 aromatic carbocycles. The third kappa shape index (κ3) is 3.19. The first-order valence-electron chi connectivity index (χ1n) is 7.09. The summed E-state index contributed by atoms with van der Waals surface area (Å²) in [6.07, 6.45) is 5.76. The number of hydrogen-bond donors (Lipinski definition) is 0. The molecule has 3 heterocycles. The Hall–Kier alpha value is -1.59. The first-order valence-corrected chi connectivity index (χ1v) is 7.47. The lowest BCUT2D eigenvalue weighted by Gasteiger charge is -2.30. The number of ether oxygens (including phenoxy) is 1. The summed E-state index contributed by atoms with van der Waals surface area (Å²) in [6.45, 7) is 2.47. The number of piperidine rings is 1. The molecule has 0 amide bonds. The van der Waals surface area contributed by atoms with E-state index in [2.05, 4.69) is 9.88 Å². The van der Waals surface area contributed by atoms with Gasteiger partial charge in [-0.15, -0.1) is 0 Å². The van der Waals surface area contributed by atoms with Gasteiger partial charge in [0.25, 0.3) is 0 Å². The third-order valence-corrected chi connectivity index (χ3v) is 4.11. The van der Waals surface area contributed by atoms with Crippen molar-refractivity contribution in [1.82, 2.24) is 14.3 Å². The van der Waals surface area contributed by atoms with E-state index in [1.54, 1.807) is 0 Å². The standard InChI is InChI=1S/C15H18ClN3O2/c1-21-15(20)11-3-2-6-18(7-11)9-13-10-19-8-12(16)4-5-14(19)17-13/h4-5,8,10-11H,2-3,6-7,9H2,1H3/t11-/m0/s1. The fourth-order valence-electron chi connectivity index (χ4n) is 2.88. The fourth-order valence-corrected chi connectivity index (χ4v) is 3.05. The minimum atomic E-state index is -0.110. The van der Waals surface area contributed by atoms with Crippen molar-refractivity contribution in [2.45, 2.75) is 19.4 Å². The van der Waals surface area contributed by atoms with Crippen LogP contribution in [0.3, 0.4) is 0 Å². The molecular weight excluding hydrogens is 290 g/mol. The minimum absolute atomic E-state index is 0.0183. The second-order valence-electron chi connectivity index (χ2n) is 5.44. The highest BCUT2D eigenvalue weighted by molar-refractivity contribution is 6.30. The molecule has 6 heteroatoms. The highest BCUT2D eigenvalue weighted by Crippen LogP contribution is 2.20. The molecule has 1 aliphatic rings. The number of aromatic nitrogens is 2. The number of methoxy groups -OCH3 is 1. The molecule has 5 nitrogen and oxygen atoms in total. The second kappa shape index (κ2) is 6.03. The van der Waals surface area contributed by atoms with E-state index in [-0.39, 0.29) is 11.9 Å². The molecular formula is C15H18ClN3O2. The topological polar surface area (TPSA) is 46.8 Å². The Morgan fingerprint density at radius 3 is 3.14 bits per heavy atom. The Balaban J connectivity index is 1.71. The fraction of sp³-hybridized carbons (Fsp3) is 0.467. The number of imidazole rings is 1. The maximum atomic E-state index is 11.7. The van der Waals surface area contributed by atoms with Crippen LogP contribution in [-0.4, -0.2) is 40.5 Å². The molecule has 0 N–H and O–H groups in total. The minimum Gasteiger partial charge on any atom is -0.469 e. The predicted octanol–water partition coefficient (Wildman–Crippen LogP) is 2.37. The summed E-state index contributed by atoms with van der Waals surface area (Å²) < 4.78 is 6.78. The molecule has 0 saturated carbocycles. The summed E-state index contributed by atoms with van der Waals surface area (Å²) in [6, 6.07) is 3.74. The zero-order chi connectivity index (χ0) is 14.8. The SMILES string of the molecule is COC(=O)[C@H]1CCCN(Cc2cn3cc(Cl)ccc3n2)C1. The number of carbonyl (C=O) groups excluding carboxylic acids is 1. The van der Waals surface area contributed by atoms with E-state index >= 15 is 0 Å². The molecule has 112 valence electrons. The van der Waals surface area contributed by atoms with Crippen LogP contribution >= 0.6 is 11.6 Å². The number of nitrogens with zero attached hydrogens (tertiary/aromatic N) is 3. The maximum Gasteiger partial charge on any atom is 0.309 e. The highest BCUT2D eigenvalue weighted by atomic mass is 35.5. The summed E-state index contributed by atoms with van der Waals surface area (Å²) in [5.41, 5.74) is 1.87. The molecule has 0 radical (unpaired) electrons. The first-order chi connectivity index (χ1) is 10.2. The molecule has 1 atom stereocenters. The highest BCUT2D eigenvalue weighted by Gasteiger charge is 2.26. The molecule has 1 saturated heterocycles. The van der Waals surface area contributed by atoms with E-state index in [0.717, 1.165) is 43.8 Å². The van der Waals surface area contributed by atoms with E-state index in [1.807, 2.05) is 28.9 Å². The van der Waals surface area contributed by atoms with Crippen LogP contribution in [0, 0.1) is 5.92 Å². The quantitative estimate of drug-likeness (QED) is 0.817. The van der Waals surface area contributed by atoms with Gasteiger partial charge in [0, 0.05) is 25.5 Å². The molecule has 0 unspecified atom stereocenters. The third-order valence-electron chi connectivity index (χ3n) is 3.89. The van der Waals surface area contributed by atoms with Crippen molar-refractivity contribution in [3.05, 3.63) is 35.2 Å². The monoisotopic (exact) mass is 307 g/mol. The molecule has 2 aromatic rings. The summed E-state index contributed by atoms with van der Waals surface area (Å²) in [5, 5.41) is 0.690. The van der Waals surface area contributed by atoms with Crippen LogP contribution in [0.25, 0.3) is 5.65 Å². The van der Waals surface area contributed by atoms with Gasteiger partial charge in [-0.05, 0) is 31.5 Å². The van der Waals surface area contributed by atoms with Crippen molar-refractivity contribution in [1.29, 1.82) is 0 Å². The van der Waals surface area contributed by atoms with Crippen LogP contribution in [0.5, 0.6) is 0 Å². The van der Waals surface area contributed by atoms with Crippen LogP contribution in [0.2, 0.25) is 5.02 Å². The van der Waals surface area contributed by atoms with Crippen molar-refractivity contribution < 1.29 is 9.53 Å². The van der Waals surface area contributed by atoms with E-state index in [9.17, 15) is 4.79 Å². The van der Waals surface area contributed by atoms with Gasteiger partial charge in [-0.3, -0.25) is 9.69 Å². The number of hydrogen-bond acceptors (Lipinski definition) is 4. The number of likely N-dealkylation sites (tertiary alicyclic amines) is 1. The Morgan fingerprint density at radius 1 is 1.48 bits per heavy atom. The zero-order valence-electron chi connectivity index (χ0n) is 12.0. The normalized spacial score (nSPS) is 19.8. The summed E-state index contributed by atoms with van der Waals surface area (Å²) in [7, 11) is 1.45. The van der Waals surface area contributed by atoms with Gasteiger partial charge in [0.2, 0.25) is 0 Å². The van der Waals surface area contributed by atoms with Crippen molar-refractivity contribution in [3.63, 3.8) is 0 Å². The number of halogens is 1. The lowest BCUT2D eigenvalue weighted by atomic mass is 9.98. The van der Waals surface area contributed by atoms with Crippen LogP contribution < -0.4 is 0 Å². The molecule has 0 spiro atoms. The van der Waals surface area contributed by atoms with Gasteiger partial charge in [0.05, 0.1) is 23.7 Å². The van der Waals surface area contributed by atoms with Crippen molar-refractivity contribution in [3.8, 4) is 0 Å². The van der Waals surface area contributed by atoms with E-state index in [0.29, 0.717) is 5.02 Å². The second-order valence-corrected chi connectivity index (χ2v) is 5.88. The largest absolute Gasteiger partial charge is 0.469 e. The Labute approximate surface area is 128 Å². The Bertz CT molecular complexity index is 655. The molecule has 0 aliphatic carbocycles. The number of esters is 1. The Morgan fingerprint density at radius 2 is 2.33 bits per heavy atom. The van der Waals surface area contributed by atoms with Crippen molar-refractivity contribution >= 4 is 23.2 Å². The molecule has 3 rings (SSSR count). The van der Waals surface area contributed by atoms with Crippen molar-refractivity contribution in [2.75, 3.05) is 20.2 Å². The maximum absolute atomic E-state index is 11.7. The number of rotatable bonds is 3. The van der Waals surface area contributed by atoms with Crippen LogP contribution in [-0.2, 0) is 16.1 Å². The van der Waals surface area contributed by atoms with Crippen LogP contribution in [0.1, 0.15) is 18.5 Å². The number of fused-ring (bicyclic) bond motifs is 1. The zero-order valence-corrected chi connectivity index (χ0v) is 12.7. The van der Waals surface area contributed by atoms with Gasteiger partial charge in [-0.2, -0.15) is 0 Å². The van der Waals surface area contributed by atoms with Crippen LogP contribution in [0.4, 0.5) is 0 Å². The summed E-state index contributed by atoms with van der Waals surface area (Å²) >= 11 is 5.98. The molecule has 1 fully saturated rings. The average Bonchev–Trinajstić information content (AvgIpc) is 2.88. The van der Waals surface area contributed by atoms with Gasteiger partial charge in [0.1, 0.15) is 5.65 Å². The predicted molar refractivity (Wildman–Crippen MR) is 80.2 cm³/mol. The van der Waals surface area contributed by atoms with Gasteiger partial charge in [-0.1, -0.05) is 11.6 Å². The van der Waals surface area contributed by atoms with Crippen molar-refractivity contribution in [2.24, 2.45) is 5.92 Å². The van der Waals surface area contributed by atoms with E-state index in [4.69, 9.17) is 16.3 Å². The van der Waals surface area contributed by atoms with Crippen LogP contribution in [0.15, 0.2) is 24.5 Å². The van der Waals surface area contributed by atoms with E-state index < -0.39 is 0 Å². The van der Waals surface area contributed by atoms with Gasteiger partial charge in [-0.25, -0.2) is 4.98 Å². The summed E-state index contributed by atoms with van der Waals surface area (Å²) in [4.78, 5) is 18.5. The lowest BCUT2D eigenvalue weighted by molar-refractivity contribution is -0.147. The molecule has 1 aliphatic heterocycles. The van der Waals surface area contributed by atoms with Gasteiger partial charge >= 0.3 is 5.97 Å². The lowest BCUT2D eigenvalue weighted by Crippen LogP contribution is -2.38. The number of carbonyl (C=O) groups is 1. The summed E-state index contributed by atoms with van der Waals surface area (Å²) in [5.74, 6) is -0.128.